The van der Waals surface area contributed by atoms with Crippen LogP contribution in [0.2, 0.25) is 0 Å². The van der Waals surface area contributed by atoms with Crippen LogP contribution in [0, 0.1) is 0 Å². The summed E-state index contributed by atoms with van der Waals surface area (Å²) in [5, 5.41) is 2.73. The van der Waals surface area contributed by atoms with Crippen LogP contribution in [0.1, 0.15) is 26.3 Å². The fourth-order valence-corrected chi connectivity index (χ4v) is 2.15. The largest absolute Gasteiger partial charge is 0.347 e. The van der Waals surface area contributed by atoms with Crippen molar-refractivity contribution in [1.82, 2.24) is 5.32 Å². The molecule has 1 aliphatic heterocycles. The van der Waals surface area contributed by atoms with E-state index in [0.717, 1.165) is 5.56 Å². The number of benzene rings is 1. The van der Waals surface area contributed by atoms with Crippen LogP contribution in [0.5, 0.6) is 0 Å². The maximum atomic E-state index is 11.8. The van der Waals surface area contributed by atoms with E-state index >= 15 is 0 Å². The zero-order valence-electron chi connectivity index (χ0n) is 11.3. The summed E-state index contributed by atoms with van der Waals surface area (Å²) in [4.78, 5) is 23.2. The fraction of sp³-hybridized carbons (Fsp3) is 0.333. The molecule has 0 fully saturated rings. The highest BCUT2D eigenvalue weighted by Gasteiger charge is 2.41. The molecule has 1 heterocycles. The van der Waals surface area contributed by atoms with Crippen molar-refractivity contribution in [2.75, 3.05) is 0 Å². The highest BCUT2D eigenvalue weighted by Crippen LogP contribution is 2.29. The number of hydrogen-bond donors (Lipinski definition) is 1. The Morgan fingerprint density at radius 3 is 2.47 bits per heavy atom. The van der Waals surface area contributed by atoms with Gasteiger partial charge in [-0.2, -0.15) is 0 Å². The number of rotatable bonds is 4. The van der Waals surface area contributed by atoms with E-state index in [4.69, 9.17) is 4.74 Å². The number of hydrogen-bond acceptors (Lipinski definition) is 3. The molecular weight excluding hydrogens is 242 g/mol. The van der Waals surface area contributed by atoms with Crippen LogP contribution in [0.3, 0.4) is 0 Å². The van der Waals surface area contributed by atoms with Gasteiger partial charge in [0.2, 0.25) is 0 Å². The van der Waals surface area contributed by atoms with Crippen molar-refractivity contribution < 1.29 is 14.3 Å². The summed E-state index contributed by atoms with van der Waals surface area (Å²) < 4.78 is 5.80. The van der Waals surface area contributed by atoms with Crippen molar-refractivity contribution in [2.45, 2.75) is 33.1 Å². The lowest BCUT2D eigenvalue weighted by Gasteiger charge is -2.26. The van der Waals surface area contributed by atoms with Gasteiger partial charge in [0.1, 0.15) is 0 Å². The van der Waals surface area contributed by atoms with Crippen LogP contribution in [-0.2, 0) is 20.9 Å². The van der Waals surface area contributed by atoms with E-state index in [-0.39, 0.29) is 17.3 Å². The quantitative estimate of drug-likeness (QED) is 0.841. The van der Waals surface area contributed by atoms with Gasteiger partial charge in [-0.25, -0.2) is 0 Å². The molecule has 0 radical (unpaired) electrons. The smallest absolute Gasteiger partial charge is 0.257 e. The molecule has 2 rings (SSSR count). The Bertz CT molecular complexity index is 548. The van der Waals surface area contributed by atoms with E-state index in [1.165, 1.54) is 6.92 Å². The molecular formula is C15H17NO3. The summed E-state index contributed by atoms with van der Waals surface area (Å²) in [5.74, 6) is -0.595. The van der Waals surface area contributed by atoms with Crippen molar-refractivity contribution in [3.05, 3.63) is 47.0 Å². The minimum absolute atomic E-state index is 0.204. The first kappa shape index (κ1) is 13.5. The predicted molar refractivity (Wildman–Crippen MR) is 71.2 cm³/mol. The van der Waals surface area contributed by atoms with Gasteiger partial charge in [-0.05, 0) is 31.9 Å². The summed E-state index contributed by atoms with van der Waals surface area (Å²) in [5.41, 5.74) is 0.951. The second-order valence-corrected chi connectivity index (χ2v) is 4.82. The molecule has 0 aromatic heterocycles. The second kappa shape index (κ2) is 4.97. The molecule has 1 aliphatic rings. The molecule has 4 nitrogen and oxygen atoms in total. The van der Waals surface area contributed by atoms with Gasteiger partial charge in [0.15, 0.2) is 11.5 Å². The van der Waals surface area contributed by atoms with Gasteiger partial charge in [-0.3, -0.25) is 9.59 Å². The van der Waals surface area contributed by atoms with E-state index in [9.17, 15) is 9.59 Å². The number of carbonyl (C=O) groups is 2. The first-order valence-electron chi connectivity index (χ1n) is 6.17. The predicted octanol–water partition coefficient (Wildman–Crippen LogP) is 1.95. The Labute approximate surface area is 112 Å². The molecule has 1 aromatic rings. The van der Waals surface area contributed by atoms with Gasteiger partial charge in [0.25, 0.3) is 5.91 Å². The third kappa shape index (κ3) is 2.58. The monoisotopic (exact) mass is 259 g/mol. The third-order valence-electron chi connectivity index (χ3n) is 3.39. The molecule has 1 amide bonds. The van der Waals surface area contributed by atoms with Gasteiger partial charge >= 0.3 is 0 Å². The number of ketones is 1. The van der Waals surface area contributed by atoms with E-state index in [0.29, 0.717) is 12.2 Å². The number of amides is 1. The minimum atomic E-state index is -0.909. The number of ether oxygens (including phenoxy) is 1. The Morgan fingerprint density at radius 2 is 1.95 bits per heavy atom. The van der Waals surface area contributed by atoms with Crippen molar-refractivity contribution in [3.8, 4) is 0 Å². The lowest BCUT2D eigenvalue weighted by atomic mass is 10.0. The molecule has 0 spiro atoms. The molecule has 0 saturated carbocycles. The lowest BCUT2D eigenvalue weighted by molar-refractivity contribution is -0.125. The van der Waals surface area contributed by atoms with Gasteiger partial charge in [0.05, 0.1) is 12.2 Å². The van der Waals surface area contributed by atoms with Crippen molar-refractivity contribution >= 4 is 11.7 Å². The van der Waals surface area contributed by atoms with E-state index in [1.807, 2.05) is 30.3 Å². The van der Waals surface area contributed by atoms with Gasteiger partial charge in [0, 0.05) is 0 Å². The molecule has 19 heavy (non-hydrogen) atoms. The van der Waals surface area contributed by atoms with Crippen LogP contribution < -0.4 is 5.32 Å². The van der Waals surface area contributed by atoms with Crippen LogP contribution in [0.25, 0.3) is 0 Å². The fourth-order valence-electron chi connectivity index (χ4n) is 2.15. The van der Waals surface area contributed by atoms with Crippen molar-refractivity contribution in [3.63, 3.8) is 0 Å². The summed E-state index contributed by atoms with van der Waals surface area (Å²) in [6.45, 7) is 5.28. The molecule has 0 aliphatic carbocycles. The number of nitrogens with one attached hydrogen (secondary N) is 1. The van der Waals surface area contributed by atoms with Gasteiger partial charge in [-0.15, -0.1) is 0 Å². The SMILES string of the molecule is CC(=O)C1=C(C)C(C)(OCc2ccccc2)NC1=O. The molecule has 4 heteroatoms. The summed E-state index contributed by atoms with van der Waals surface area (Å²) in [6.07, 6.45) is 0. The Hall–Kier alpha value is -1.94. The van der Waals surface area contributed by atoms with E-state index < -0.39 is 5.72 Å². The standard InChI is InChI=1S/C15H17NO3/c1-10-13(11(2)17)14(18)16-15(10,3)19-9-12-7-5-4-6-8-12/h4-8H,9H2,1-3H3,(H,16,18). The maximum absolute atomic E-state index is 11.8. The van der Waals surface area contributed by atoms with E-state index in [2.05, 4.69) is 5.32 Å². The zero-order valence-corrected chi connectivity index (χ0v) is 11.3. The third-order valence-corrected chi connectivity index (χ3v) is 3.39. The maximum Gasteiger partial charge on any atom is 0.257 e. The molecule has 1 aromatic carbocycles. The Balaban J connectivity index is 2.16. The molecule has 0 bridgehead atoms. The molecule has 1 unspecified atom stereocenters. The zero-order chi connectivity index (χ0) is 14.0. The summed E-state index contributed by atoms with van der Waals surface area (Å²) in [6, 6.07) is 9.69. The summed E-state index contributed by atoms with van der Waals surface area (Å²) >= 11 is 0. The van der Waals surface area contributed by atoms with Crippen LogP contribution in [0.15, 0.2) is 41.5 Å². The molecule has 100 valence electrons. The number of carbonyl (C=O) groups excluding carboxylic acids is 2. The van der Waals surface area contributed by atoms with Gasteiger partial charge < -0.3 is 10.1 Å². The van der Waals surface area contributed by atoms with E-state index in [1.54, 1.807) is 13.8 Å². The minimum Gasteiger partial charge on any atom is -0.347 e. The highest BCUT2D eigenvalue weighted by atomic mass is 16.5. The first-order valence-corrected chi connectivity index (χ1v) is 6.17. The molecule has 1 N–H and O–H groups in total. The second-order valence-electron chi connectivity index (χ2n) is 4.82. The lowest BCUT2D eigenvalue weighted by Crippen LogP contribution is -2.43. The van der Waals surface area contributed by atoms with Crippen LogP contribution in [-0.4, -0.2) is 17.4 Å². The van der Waals surface area contributed by atoms with Gasteiger partial charge in [-0.1, -0.05) is 30.3 Å². The van der Waals surface area contributed by atoms with Crippen molar-refractivity contribution in [1.29, 1.82) is 0 Å². The topological polar surface area (TPSA) is 55.4 Å². The van der Waals surface area contributed by atoms with Crippen LogP contribution >= 0.6 is 0 Å². The highest BCUT2D eigenvalue weighted by molar-refractivity contribution is 6.21. The summed E-state index contributed by atoms with van der Waals surface area (Å²) in [7, 11) is 0. The Morgan fingerprint density at radius 1 is 1.32 bits per heavy atom. The van der Waals surface area contributed by atoms with Crippen LogP contribution in [0.4, 0.5) is 0 Å². The first-order chi connectivity index (χ1) is 8.94. The van der Waals surface area contributed by atoms with Crippen molar-refractivity contribution in [2.24, 2.45) is 0 Å². The average molecular weight is 259 g/mol. The average Bonchev–Trinajstić information content (AvgIpc) is 2.59. The number of Topliss-reactive ketones (excluding diaryl/α,β-unsaturated/α-hetero) is 1. The molecule has 0 saturated heterocycles. The Kier molecular flexibility index (Phi) is 3.53. The molecule has 1 atom stereocenters. The normalized spacial score (nSPS) is 22.6.